The molecule has 13 atom stereocenters. The minimum Gasteiger partial charge on any atom is -0.550 e. The van der Waals surface area contributed by atoms with Crippen LogP contribution in [0.4, 0.5) is 0 Å². The number of hydrogen-bond acceptors (Lipinski definition) is 11. The summed E-state index contributed by atoms with van der Waals surface area (Å²) in [5.74, 6) is 0.842. The van der Waals surface area contributed by atoms with Gasteiger partial charge in [-0.15, -0.1) is 0 Å². The molecule has 12 heteroatoms. The monoisotopic (exact) mass is 793 g/mol. The van der Waals surface area contributed by atoms with E-state index >= 15 is 0 Å². The van der Waals surface area contributed by atoms with Gasteiger partial charge in [0.2, 0.25) is 0 Å². The third kappa shape index (κ3) is 6.60. The Morgan fingerprint density at radius 3 is 2.44 bits per heavy atom. The van der Waals surface area contributed by atoms with E-state index in [1.807, 2.05) is 19.1 Å². The van der Waals surface area contributed by atoms with Gasteiger partial charge in [-0.05, 0) is 111 Å². The van der Waals surface area contributed by atoms with E-state index in [4.69, 9.17) is 14.2 Å². The number of likely N-dealkylation sites (tertiary alicyclic amines) is 1. The molecule has 302 valence electrons. The summed E-state index contributed by atoms with van der Waals surface area (Å²) in [7, 11) is 2.17. The normalized spacial score (nSPS) is 39.8. The Kier molecular flexibility index (Phi) is 11.4. The molecule has 0 radical (unpaired) electrons. The van der Waals surface area contributed by atoms with Crippen molar-refractivity contribution in [1.29, 1.82) is 0 Å². The van der Waals surface area contributed by atoms with Crippen molar-refractivity contribution >= 4 is 35.3 Å². The van der Waals surface area contributed by atoms with Gasteiger partial charge >= 0.3 is 41.5 Å². The van der Waals surface area contributed by atoms with Crippen molar-refractivity contribution in [2.45, 2.75) is 129 Å². The molecular formula is C45H56NNaO10. The molecule has 1 saturated heterocycles. The maximum Gasteiger partial charge on any atom is 1.00 e. The van der Waals surface area contributed by atoms with Gasteiger partial charge in [0.25, 0.3) is 0 Å². The fourth-order valence-electron chi connectivity index (χ4n) is 13.7. The van der Waals surface area contributed by atoms with Crippen molar-refractivity contribution < 1.29 is 77.6 Å². The van der Waals surface area contributed by atoms with E-state index in [2.05, 4.69) is 37.9 Å². The maximum atomic E-state index is 13.6. The number of hydrogen-bond donors (Lipinski definition) is 0. The van der Waals surface area contributed by atoms with Crippen molar-refractivity contribution in [3.63, 3.8) is 0 Å². The second-order valence-electron chi connectivity index (χ2n) is 18.9. The number of rotatable bonds is 6. The third-order valence-corrected chi connectivity index (χ3v) is 16.4. The van der Waals surface area contributed by atoms with Gasteiger partial charge in [-0.3, -0.25) is 24.0 Å². The van der Waals surface area contributed by atoms with E-state index in [0.29, 0.717) is 49.6 Å². The van der Waals surface area contributed by atoms with Crippen LogP contribution in [0.15, 0.2) is 24.3 Å². The average Bonchev–Trinajstić information content (AvgIpc) is 3.68. The summed E-state index contributed by atoms with van der Waals surface area (Å²) in [6.45, 7) is 10.1. The SMILES string of the molecule is CC(=O)Oc1ccc2c3c1O[C@H]1[C@@H](OC(C)=O)C=C[C@H]4[C@@H](C2)N(C)CC[C@@]341.C[C@H](CCC(=O)[O-])[C@H]1CC[C@H]2[C@@H]3C(=O)C[C@@H]4CC(=O)CC[C@]4(C)[C@H]3CC(=O)[C@]12C.[Na+]. The summed E-state index contributed by atoms with van der Waals surface area (Å²) in [4.78, 5) is 75.5. The van der Waals surface area contributed by atoms with Crippen molar-refractivity contribution in [3.8, 4) is 11.5 Å². The van der Waals surface area contributed by atoms with Crippen LogP contribution >= 0.6 is 0 Å². The Labute approximate surface area is 357 Å². The van der Waals surface area contributed by atoms with Crippen molar-refractivity contribution in [1.82, 2.24) is 4.90 Å². The number of ketones is 3. The number of carbonyl (C=O) groups is 6. The number of piperidine rings is 1. The van der Waals surface area contributed by atoms with E-state index in [-0.39, 0.29) is 124 Å². The molecule has 2 bridgehead atoms. The van der Waals surface area contributed by atoms with E-state index in [0.717, 1.165) is 44.2 Å². The number of ether oxygens (including phenoxy) is 3. The van der Waals surface area contributed by atoms with Crippen molar-refractivity contribution in [3.05, 3.63) is 35.4 Å². The number of carbonyl (C=O) groups excluding carboxylic acids is 6. The molecule has 2 heterocycles. The second kappa shape index (κ2) is 15.3. The van der Waals surface area contributed by atoms with E-state index in [9.17, 15) is 33.9 Å². The van der Waals surface area contributed by atoms with Gasteiger partial charge in [-0.2, -0.15) is 0 Å². The van der Waals surface area contributed by atoms with Gasteiger partial charge < -0.3 is 29.0 Å². The number of esters is 2. The van der Waals surface area contributed by atoms with Gasteiger partial charge in [0.05, 0.1) is 0 Å². The fourth-order valence-corrected chi connectivity index (χ4v) is 13.7. The van der Waals surface area contributed by atoms with E-state index < -0.39 is 17.5 Å². The predicted molar refractivity (Wildman–Crippen MR) is 201 cm³/mol. The third-order valence-electron chi connectivity index (χ3n) is 16.4. The molecule has 0 unspecified atom stereocenters. The summed E-state index contributed by atoms with van der Waals surface area (Å²) in [5.41, 5.74) is 1.53. The van der Waals surface area contributed by atoms with Gasteiger partial charge in [-0.1, -0.05) is 32.9 Å². The summed E-state index contributed by atoms with van der Waals surface area (Å²) in [6.07, 6.45) is 10.4. The number of benzene rings is 1. The molecule has 0 amide bonds. The molecule has 57 heavy (non-hydrogen) atoms. The number of nitrogens with zero attached hydrogens (tertiary/aromatic N) is 1. The van der Waals surface area contributed by atoms with Crippen LogP contribution in [-0.2, 0) is 45.3 Å². The molecule has 11 nitrogen and oxygen atoms in total. The second-order valence-corrected chi connectivity index (χ2v) is 18.9. The first-order chi connectivity index (χ1) is 26.5. The molecule has 1 aromatic rings. The number of carboxylic acid groups (broad SMARTS) is 1. The average molecular weight is 794 g/mol. The van der Waals surface area contributed by atoms with Gasteiger partial charge in [-0.25, -0.2) is 0 Å². The smallest absolute Gasteiger partial charge is 0.550 e. The van der Waals surface area contributed by atoms with Gasteiger partial charge in [0.1, 0.15) is 23.5 Å². The molecule has 6 aliphatic carbocycles. The maximum absolute atomic E-state index is 13.6. The molecule has 1 aromatic carbocycles. The first kappa shape index (κ1) is 42.3. The first-order valence-electron chi connectivity index (χ1n) is 20.9. The Bertz CT molecular complexity index is 1910. The topological polar surface area (TPSA) is 156 Å². The molecule has 5 fully saturated rings. The molecule has 8 aliphatic rings. The zero-order valence-corrected chi connectivity index (χ0v) is 36.6. The van der Waals surface area contributed by atoms with Crippen LogP contribution < -0.4 is 44.1 Å². The summed E-state index contributed by atoms with van der Waals surface area (Å²) < 4.78 is 17.5. The van der Waals surface area contributed by atoms with Crippen LogP contribution in [0.25, 0.3) is 0 Å². The summed E-state index contributed by atoms with van der Waals surface area (Å²) >= 11 is 0. The number of likely N-dealkylation sites (N-methyl/N-ethyl adjacent to an activating group) is 1. The van der Waals surface area contributed by atoms with Gasteiger partial charge in [0.15, 0.2) is 17.6 Å². The first-order valence-corrected chi connectivity index (χ1v) is 20.9. The summed E-state index contributed by atoms with van der Waals surface area (Å²) in [6, 6.07) is 4.28. The molecule has 0 aromatic heterocycles. The quantitative estimate of drug-likeness (QED) is 0.179. The van der Waals surface area contributed by atoms with Gasteiger partial charge in [0, 0.05) is 79.8 Å². The largest absolute Gasteiger partial charge is 1.00 e. The predicted octanol–water partition coefficient (Wildman–Crippen LogP) is 1.73. The molecule has 1 spiro atoms. The minimum absolute atomic E-state index is 0. The van der Waals surface area contributed by atoms with Crippen molar-refractivity contribution in [2.75, 3.05) is 13.6 Å². The van der Waals surface area contributed by atoms with Crippen LogP contribution in [0.2, 0.25) is 0 Å². The zero-order valence-electron chi connectivity index (χ0n) is 34.6. The number of Topliss-reactive ketones (excluding diaryl/α,β-unsaturated/α-hetero) is 3. The number of aliphatic carboxylic acids is 1. The molecule has 2 aliphatic heterocycles. The Hall–Kier alpha value is -2.86. The van der Waals surface area contributed by atoms with Crippen LogP contribution in [0.5, 0.6) is 11.5 Å². The van der Waals surface area contributed by atoms with Crippen LogP contribution in [0.3, 0.4) is 0 Å². The zero-order chi connectivity index (χ0) is 40.1. The minimum atomic E-state index is -1.04. The summed E-state index contributed by atoms with van der Waals surface area (Å²) in [5, 5.41) is 10.9. The van der Waals surface area contributed by atoms with E-state index in [1.54, 1.807) is 0 Å². The van der Waals surface area contributed by atoms with Crippen molar-refractivity contribution in [2.24, 2.45) is 52.3 Å². The molecule has 0 N–H and O–H groups in total. The number of carboxylic acids is 1. The Morgan fingerprint density at radius 1 is 0.982 bits per heavy atom. The van der Waals surface area contributed by atoms with Crippen LogP contribution in [0.1, 0.15) is 110 Å². The fraction of sp³-hybridized carbons (Fsp3) is 0.689. The number of fused-ring (bicyclic) bond motifs is 5. The Morgan fingerprint density at radius 2 is 1.74 bits per heavy atom. The standard InChI is InChI=1S/C24H34O5.C21H23NO5.Na/c1-13(4-7-21(28)29)16-5-6-17-22-18(12-20(27)24(16,17)3)23(2)9-8-15(25)10-14(23)11-19(22)26;1-11(23)25-16-6-4-13-10-15-14-5-7-17(26-12(2)24)20-21(14,8-9-22(15)3)18(13)19(16)27-20;/h13-14,16-18,22H,4-12H2,1-3H3,(H,28,29);4-7,14-15,17,20H,8-10H2,1-3H3;/q;;+1/p-1/t13-,14+,16-,17+,18+,22+,23+,24-;14-,15+,17-,20-,21-;/m10./s1. The molecule has 9 rings (SSSR count). The Balaban J connectivity index is 0.000000171. The van der Waals surface area contributed by atoms with Crippen LogP contribution in [0, 0.1) is 52.3 Å². The van der Waals surface area contributed by atoms with Crippen LogP contribution in [-0.4, -0.2) is 72.0 Å². The molecular weight excluding hydrogens is 737 g/mol. The van der Waals surface area contributed by atoms with E-state index in [1.165, 1.54) is 19.4 Å². The molecule has 4 saturated carbocycles.